The van der Waals surface area contributed by atoms with E-state index in [9.17, 15) is 3.44 Å². The number of hydrogen-bond donors (Lipinski definition) is 1. The summed E-state index contributed by atoms with van der Waals surface area (Å²) in [5, 5.41) is 0. The van der Waals surface area contributed by atoms with Gasteiger partial charge >= 0.3 is 186 Å². The van der Waals surface area contributed by atoms with Gasteiger partial charge in [-0.15, -0.1) is 0 Å². The number of hydrogen-bond acceptors (Lipinski definition) is 3. The van der Waals surface area contributed by atoms with E-state index >= 15 is 0 Å². The molecule has 0 aromatic heterocycles. The van der Waals surface area contributed by atoms with E-state index in [0.717, 1.165) is 47.8 Å². The molecule has 1 radical (unpaired) electrons. The van der Waals surface area contributed by atoms with Crippen LogP contribution in [0.25, 0.3) is 0 Å². The average molecular weight is 667 g/mol. The van der Waals surface area contributed by atoms with E-state index in [2.05, 4.69) is 41.5 Å². The minimum absolute atomic E-state index is 0. The summed E-state index contributed by atoms with van der Waals surface area (Å²) in [6.07, 6.45) is 12.2. The molecule has 0 spiro atoms. The first kappa shape index (κ1) is 38.4. The predicted molar refractivity (Wildman–Crippen MR) is 129 cm³/mol. The minimum atomic E-state index is -3.06. The Hall–Kier alpha value is 2.15. The molecule has 29 heavy (non-hydrogen) atoms. The van der Waals surface area contributed by atoms with Crippen molar-refractivity contribution in [3.63, 3.8) is 0 Å². The second-order valence-electron chi connectivity index (χ2n) is 7.60. The molecule has 4 nitrogen and oxygen atoms in total. The van der Waals surface area contributed by atoms with Gasteiger partial charge in [0.15, 0.2) is 0 Å². The Kier molecular flexibility index (Phi) is 39.9. The molecule has 0 bridgehead atoms. The summed E-state index contributed by atoms with van der Waals surface area (Å²) in [6, 6.07) is 0. The van der Waals surface area contributed by atoms with Crippen LogP contribution < -0.4 is 0 Å². The van der Waals surface area contributed by atoms with Crippen molar-refractivity contribution in [3.8, 4) is 0 Å². The maximum atomic E-state index is 10.4. The zero-order chi connectivity index (χ0) is 20.8. The van der Waals surface area contributed by atoms with Crippen LogP contribution in [0.2, 0.25) is 17.7 Å². The van der Waals surface area contributed by atoms with Crippen molar-refractivity contribution >= 4 is 39.4 Å². The molecule has 1 unspecified atom stereocenters. The van der Waals surface area contributed by atoms with Gasteiger partial charge < -0.3 is 5.48 Å². The van der Waals surface area contributed by atoms with Crippen LogP contribution in [0.5, 0.6) is 0 Å². The normalized spacial score (nSPS) is 12.4. The zero-order valence-electron chi connectivity index (χ0n) is 20.6. The quantitative estimate of drug-likeness (QED) is 0.132. The van der Waals surface area contributed by atoms with E-state index in [1.807, 2.05) is 0 Å². The Morgan fingerprint density at radius 1 is 0.655 bits per heavy atom. The molecule has 0 aliphatic carbocycles. The first-order valence-electron chi connectivity index (χ1n) is 11.9. The Labute approximate surface area is 211 Å². The standard InChI is InChI=1S/2C4H9O.2C4H9.2C3H7.2H2O.2Sn.Ti/c2*1-2-3-4-5;2*1-3-4-2;2*1-3-2;;;;;/h2*2-4H2,1H3;2*1,3-4H2,2H3;2*1,3H2,2H3;2*1H2;;;/q2*-1;;;;;;;+1;+2;/p-1. The van der Waals surface area contributed by atoms with Gasteiger partial charge in [0.25, 0.3) is 0 Å². The molecule has 177 valence electrons. The van der Waals surface area contributed by atoms with Gasteiger partial charge in [0.1, 0.15) is 0 Å². The molecule has 0 aromatic rings. The third-order valence-corrected chi connectivity index (χ3v) is 21.0. The van der Waals surface area contributed by atoms with Crippen molar-refractivity contribution < 1.29 is 36.8 Å². The van der Waals surface area contributed by atoms with Crippen LogP contribution >= 0.6 is 0 Å². The molecule has 0 rings (SSSR count). The molecule has 0 aliphatic rings. The van der Waals surface area contributed by atoms with Crippen LogP contribution in [0.15, 0.2) is 0 Å². The number of rotatable bonds is 18. The SMILES string of the molecule is CCCC[O][Sn]([CH2]CC)[CH2]CCC.CCCC[O][Sn]([OH])([CH2]CC)[CH2]CCC.O.[Ti]. The van der Waals surface area contributed by atoms with Crippen molar-refractivity contribution in [2.75, 3.05) is 13.2 Å². The van der Waals surface area contributed by atoms with Crippen LogP contribution in [0.3, 0.4) is 0 Å². The maximum absolute atomic E-state index is 10.4. The average Bonchev–Trinajstić information content (AvgIpc) is 2.66. The molecule has 0 heterocycles. The molecular weight excluding hydrogens is 614 g/mol. The van der Waals surface area contributed by atoms with E-state index in [1.54, 1.807) is 0 Å². The van der Waals surface area contributed by atoms with Gasteiger partial charge in [-0.05, 0) is 0 Å². The zero-order valence-corrected chi connectivity index (χ0v) is 27.8. The maximum Gasteiger partial charge on any atom is 0 e. The van der Waals surface area contributed by atoms with Crippen LogP contribution in [-0.2, 0) is 27.9 Å². The van der Waals surface area contributed by atoms with E-state index in [0.29, 0.717) is 0 Å². The van der Waals surface area contributed by atoms with Gasteiger partial charge in [0, 0.05) is 21.7 Å². The van der Waals surface area contributed by atoms with Gasteiger partial charge in [0.2, 0.25) is 0 Å². The third kappa shape index (κ3) is 28.1. The van der Waals surface area contributed by atoms with Gasteiger partial charge in [0.05, 0.1) is 0 Å². The van der Waals surface area contributed by atoms with Crippen LogP contribution in [0.1, 0.15) is 106 Å². The molecule has 0 saturated heterocycles. The van der Waals surface area contributed by atoms with Crippen molar-refractivity contribution in [3.05, 3.63) is 0 Å². The third-order valence-electron chi connectivity index (χ3n) is 4.57. The smallest absolute Gasteiger partial charge is 0 e. The van der Waals surface area contributed by atoms with Crippen molar-refractivity contribution in [1.29, 1.82) is 0 Å². The second-order valence-corrected chi connectivity index (χ2v) is 23.4. The first-order chi connectivity index (χ1) is 13.0. The Bertz CT molecular complexity index is 290. The molecule has 7 heteroatoms. The van der Waals surface area contributed by atoms with Crippen LogP contribution in [-0.4, -0.2) is 61.5 Å². The molecule has 1 atom stereocenters. The summed E-state index contributed by atoms with van der Waals surface area (Å²) in [7, 11) is 0. The van der Waals surface area contributed by atoms with E-state index in [1.165, 1.54) is 47.4 Å². The van der Waals surface area contributed by atoms with Gasteiger partial charge in [-0.2, -0.15) is 0 Å². The van der Waals surface area contributed by atoms with E-state index < -0.39 is 39.4 Å². The Morgan fingerprint density at radius 2 is 1.21 bits per heavy atom. The van der Waals surface area contributed by atoms with E-state index in [-0.39, 0.29) is 27.2 Å². The summed E-state index contributed by atoms with van der Waals surface area (Å²) in [6.45, 7) is 15.1. The van der Waals surface area contributed by atoms with Crippen LogP contribution in [0.4, 0.5) is 0 Å². The fourth-order valence-electron chi connectivity index (χ4n) is 2.80. The van der Waals surface area contributed by atoms with Crippen molar-refractivity contribution in [1.82, 2.24) is 0 Å². The van der Waals surface area contributed by atoms with Gasteiger partial charge in [-0.3, -0.25) is 0 Å². The molecule has 0 aromatic carbocycles. The summed E-state index contributed by atoms with van der Waals surface area (Å²) in [5.74, 6) is 0. The topological polar surface area (TPSA) is 70.2 Å². The van der Waals surface area contributed by atoms with Crippen LogP contribution in [0, 0.1) is 0 Å². The largest absolute Gasteiger partial charge is 0.412 e. The molecule has 3 N–H and O–H groups in total. The monoisotopic (exact) mass is 669 g/mol. The van der Waals surface area contributed by atoms with Crippen molar-refractivity contribution in [2.24, 2.45) is 0 Å². The van der Waals surface area contributed by atoms with Gasteiger partial charge in [-0.1, -0.05) is 0 Å². The Morgan fingerprint density at radius 3 is 1.69 bits per heavy atom. The number of unbranched alkanes of at least 4 members (excludes halogenated alkanes) is 4. The molecular formula is C22H53O4Sn2Ti. The summed E-state index contributed by atoms with van der Waals surface area (Å²) >= 11 is -4.39. The fraction of sp³-hybridized carbons (Fsp3) is 1.00. The summed E-state index contributed by atoms with van der Waals surface area (Å²) < 4.78 is 27.0. The first-order valence-corrected chi connectivity index (χ1v) is 23.5. The van der Waals surface area contributed by atoms with Crippen molar-refractivity contribution in [2.45, 2.75) is 123 Å². The van der Waals surface area contributed by atoms with E-state index in [4.69, 9.17) is 6.15 Å². The fourth-order valence-corrected chi connectivity index (χ4v) is 17.2. The molecule has 0 amide bonds. The van der Waals surface area contributed by atoms with Gasteiger partial charge in [-0.25, -0.2) is 0 Å². The minimum Gasteiger partial charge on any atom is -0.412 e. The summed E-state index contributed by atoms with van der Waals surface area (Å²) in [5.41, 5.74) is 0. The molecule has 0 fully saturated rings. The predicted octanol–water partition coefficient (Wildman–Crippen LogP) is 6.63. The molecule has 0 saturated carbocycles. The summed E-state index contributed by atoms with van der Waals surface area (Å²) in [4.78, 5) is 0. The molecule has 0 aliphatic heterocycles. The Balaban J connectivity index is -0.000000202. The second kappa shape index (κ2) is 30.2.